The van der Waals surface area contributed by atoms with Crippen LogP contribution in [0.3, 0.4) is 0 Å². The maximum absolute atomic E-state index is 15.3. The molecule has 4 atom stereocenters. The molecule has 0 radical (unpaired) electrons. The van der Waals surface area contributed by atoms with Gasteiger partial charge in [0.1, 0.15) is 5.92 Å². The smallest absolute Gasteiger partial charge is 0.181 e. The summed E-state index contributed by atoms with van der Waals surface area (Å²) in [5.41, 5.74) is 1.50. The van der Waals surface area contributed by atoms with Crippen molar-refractivity contribution < 1.29 is 29.4 Å². The van der Waals surface area contributed by atoms with Crippen LogP contribution in [0.5, 0.6) is 11.5 Å². The number of phenolic OH excluding ortho intramolecular Hbond substituents is 2. The third-order valence-corrected chi connectivity index (χ3v) is 11.0. The van der Waals surface area contributed by atoms with Crippen molar-refractivity contribution in [2.24, 2.45) is 28.1 Å². The molecule has 1 unspecified atom stereocenters. The molecule has 2 fully saturated rings. The van der Waals surface area contributed by atoms with Gasteiger partial charge in [-0.3, -0.25) is 19.2 Å². The van der Waals surface area contributed by atoms with Gasteiger partial charge in [0.2, 0.25) is 0 Å². The highest BCUT2D eigenvalue weighted by Gasteiger charge is 2.75. The second-order valence-electron chi connectivity index (χ2n) is 15.8. The molecule has 2 aliphatic rings. The molecule has 0 aliphatic heterocycles. The van der Waals surface area contributed by atoms with Crippen molar-refractivity contribution in [2.75, 3.05) is 0 Å². The van der Waals surface area contributed by atoms with Crippen LogP contribution in [-0.4, -0.2) is 33.3 Å². The zero-order chi connectivity index (χ0) is 36.9. The molecular formula is C43H58O6. The van der Waals surface area contributed by atoms with E-state index in [1.807, 2.05) is 81.4 Å². The average Bonchev–Trinajstić information content (AvgIpc) is 3.00. The molecule has 0 saturated heterocycles. The van der Waals surface area contributed by atoms with Crippen LogP contribution in [0.2, 0.25) is 0 Å². The quantitative estimate of drug-likeness (QED) is 0.0883. The summed E-state index contributed by atoms with van der Waals surface area (Å²) < 4.78 is 0. The van der Waals surface area contributed by atoms with Gasteiger partial charge >= 0.3 is 0 Å². The molecule has 2 aliphatic carbocycles. The van der Waals surface area contributed by atoms with E-state index in [2.05, 4.69) is 18.2 Å². The zero-order valence-electron chi connectivity index (χ0n) is 31.5. The number of rotatable bonds is 14. The lowest BCUT2D eigenvalue weighted by Gasteiger charge is -2.61. The van der Waals surface area contributed by atoms with E-state index in [4.69, 9.17) is 0 Å². The van der Waals surface area contributed by atoms with Crippen LogP contribution in [0, 0.1) is 28.1 Å². The van der Waals surface area contributed by atoms with E-state index in [-0.39, 0.29) is 36.5 Å². The van der Waals surface area contributed by atoms with Gasteiger partial charge in [-0.15, -0.1) is 0 Å². The fourth-order valence-electron chi connectivity index (χ4n) is 7.73. The van der Waals surface area contributed by atoms with Gasteiger partial charge in [-0.1, -0.05) is 72.1 Å². The lowest BCUT2D eigenvalue weighted by molar-refractivity contribution is -0.183. The Morgan fingerprint density at radius 1 is 0.735 bits per heavy atom. The molecule has 3 rings (SSSR count). The van der Waals surface area contributed by atoms with Crippen LogP contribution >= 0.6 is 0 Å². The Bertz CT molecular complexity index is 1620. The predicted octanol–water partition coefficient (Wildman–Crippen LogP) is 10.2. The first-order valence-electron chi connectivity index (χ1n) is 17.7. The molecule has 266 valence electrons. The number of carbonyl (C=O) groups excluding carboxylic acids is 4. The van der Waals surface area contributed by atoms with E-state index >= 15 is 9.59 Å². The number of benzene rings is 1. The number of hydrogen-bond donors (Lipinski definition) is 2. The summed E-state index contributed by atoms with van der Waals surface area (Å²) in [5, 5.41) is 20.2. The van der Waals surface area contributed by atoms with Crippen molar-refractivity contribution in [1.29, 1.82) is 0 Å². The molecule has 1 aromatic rings. The van der Waals surface area contributed by atoms with Gasteiger partial charge in [-0.05, 0) is 136 Å². The Morgan fingerprint density at radius 3 is 1.78 bits per heavy atom. The molecule has 2 bridgehead atoms. The van der Waals surface area contributed by atoms with Crippen LogP contribution < -0.4 is 0 Å². The number of allylic oxidation sites excluding steroid dienone is 10. The summed E-state index contributed by atoms with van der Waals surface area (Å²) >= 11 is 0. The lowest BCUT2D eigenvalue weighted by atomic mass is 9.37. The summed E-state index contributed by atoms with van der Waals surface area (Å²) in [7, 11) is 0. The maximum Gasteiger partial charge on any atom is 0.181 e. The Kier molecular flexibility index (Phi) is 12.8. The molecule has 0 aromatic heterocycles. The largest absolute Gasteiger partial charge is 0.504 e. The van der Waals surface area contributed by atoms with Crippen LogP contribution in [0.1, 0.15) is 131 Å². The van der Waals surface area contributed by atoms with Gasteiger partial charge in [0.25, 0.3) is 0 Å². The number of Topliss-reactive ketones (excluding diaryl/α,β-unsaturated/α-hetero) is 4. The molecule has 0 heterocycles. The molecule has 0 spiro atoms. The highest BCUT2D eigenvalue weighted by molar-refractivity contribution is 6.38. The number of aromatic hydroxyl groups is 2. The molecule has 6 heteroatoms. The Labute approximate surface area is 294 Å². The lowest BCUT2D eigenvalue weighted by Crippen LogP contribution is -2.72. The summed E-state index contributed by atoms with van der Waals surface area (Å²) in [6.07, 6.45) is 14.6. The van der Waals surface area contributed by atoms with Crippen molar-refractivity contribution in [3.05, 3.63) is 82.0 Å². The second-order valence-corrected chi connectivity index (χ2v) is 15.8. The van der Waals surface area contributed by atoms with Crippen molar-refractivity contribution in [3.8, 4) is 11.5 Å². The highest BCUT2D eigenvalue weighted by atomic mass is 16.3. The summed E-state index contributed by atoms with van der Waals surface area (Å²) in [5.74, 6) is -5.24. The molecule has 0 amide bonds. The first kappa shape index (κ1) is 39.6. The fourth-order valence-corrected chi connectivity index (χ4v) is 7.73. The Hall–Kier alpha value is -3.80. The standard InChI is InChI=1S/C43H58O6/c1-27(2)13-11-15-30(7)21-23-42-26-33(19-17-29(5)6)41(9,10)43(40(42)49,24-22-31(8)16-12-14-28(3)4)39(48)36(38(42)47)37(46)32-18-20-34(44)35(45)25-32/h13-14,17-18,20-22,25,33,36,44-45H,11-12,15-16,19,23-24,26H2,1-10H3/b30-21+,31-22+/t33-,36?,42+,43-/m1/s1. The molecular weight excluding hydrogens is 612 g/mol. The number of phenols is 2. The third kappa shape index (κ3) is 8.16. The van der Waals surface area contributed by atoms with Gasteiger partial charge in [-0.2, -0.15) is 0 Å². The molecule has 1 aromatic carbocycles. The monoisotopic (exact) mass is 670 g/mol. The van der Waals surface area contributed by atoms with Crippen molar-refractivity contribution >= 4 is 23.1 Å². The SMILES string of the molecule is CC(C)=CCC/C(C)=C/C[C@]12C[C@@H](CC=C(C)C)C(C)(C)[C@](C/C=C(\C)CCC=C(C)C)(C(=O)C(C(=O)c3ccc(O)c(O)c3)C1=O)C2=O. The normalized spacial score (nSPS) is 25.1. The van der Waals surface area contributed by atoms with Crippen molar-refractivity contribution in [2.45, 2.75) is 121 Å². The minimum atomic E-state index is -1.70. The number of fused-ring (bicyclic) bond motifs is 2. The van der Waals surface area contributed by atoms with Gasteiger partial charge in [-0.25, -0.2) is 0 Å². The first-order valence-corrected chi connectivity index (χ1v) is 17.7. The van der Waals surface area contributed by atoms with E-state index in [1.54, 1.807) is 0 Å². The maximum atomic E-state index is 15.3. The van der Waals surface area contributed by atoms with Gasteiger partial charge in [0, 0.05) is 5.56 Å². The van der Waals surface area contributed by atoms with E-state index < -0.39 is 51.0 Å². The van der Waals surface area contributed by atoms with Crippen LogP contribution in [0.25, 0.3) is 0 Å². The fraction of sp³-hybridized carbons (Fsp3) is 0.535. The molecule has 49 heavy (non-hydrogen) atoms. The van der Waals surface area contributed by atoms with Gasteiger partial charge in [0.05, 0.1) is 10.8 Å². The van der Waals surface area contributed by atoms with Crippen molar-refractivity contribution in [3.63, 3.8) is 0 Å². The van der Waals surface area contributed by atoms with Crippen LogP contribution in [0.15, 0.2) is 76.4 Å². The first-order chi connectivity index (χ1) is 22.8. The van der Waals surface area contributed by atoms with E-state index in [0.717, 1.165) is 48.5 Å². The summed E-state index contributed by atoms with van der Waals surface area (Å²) in [4.78, 5) is 59.6. The molecule has 2 N–H and O–H groups in total. The van der Waals surface area contributed by atoms with Gasteiger partial charge < -0.3 is 10.2 Å². The van der Waals surface area contributed by atoms with Crippen LogP contribution in [-0.2, 0) is 14.4 Å². The number of hydrogen-bond acceptors (Lipinski definition) is 6. The minimum Gasteiger partial charge on any atom is -0.504 e. The Balaban J connectivity index is 2.30. The third-order valence-electron chi connectivity index (χ3n) is 11.0. The molecule has 2 saturated carbocycles. The summed E-state index contributed by atoms with van der Waals surface area (Å²) in [6.45, 7) is 20.2. The van der Waals surface area contributed by atoms with E-state index in [9.17, 15) is 19.8 Å². The second kappa shape index (κ2) is 15.8. The van der Waals surface area contributed by atoms with Crippen molar-refractivity contribution in [1.82, 2.24) is 0 Å². The van der Waals surface area contributed by atoms with Crippen LogP contribution in [0.4, 0.5) is 0 Å². The van der Waals surface area contributed by atoms with E-state index in [1.165, 1.54) is 23.3 Å². The highest BCUT2D eigenvalue weighted by Crippen LogP contribution is 2.65. The number of carbonyl (C=O) groups is 4. The number of ketones is 4. The predicted molar refractivity (Wildman–Crippen MR) is 197 cm³/mol. The topological polar surface area (TPSA) is 109 Å². The summed E-state index contributed by atoms with van der Waals surface area (Å²) in [6, 6.07) is 3.58. The van der Waals surface area contributed by atoms with Gasteiger partial charge in [0.15, 0.2) is 34.6 Å². The van der Waals surface area contributed by atoms with E-state index in [0.29, 0.717) is 6.42 Å². The zero-order valence-corrected chi connectivity index (χ0v) is 31.5. The molecule has 6 nitrogen and oxygen atoms in total. The average molecular weight is 671 g/mol. The Morgan fingerprint density at radius 2 is 1.27 bits per heavy atom. The minimum absolute atomic E-state index is 0.0551.